The van der Waals surface area contributed by atoms with Gasteiger partial charge < -0.3 is 39.5 Å². The number of nitrogens with one attached hydrogen (secondary N) is 1. The Morgan fingerprint density at radius 3 is 2.53 bits per heavy atom. The molecule has 1 aliphatic carbocycles. The quantitative estimate of drug-likeness (QED) is 0.332. The van der Waals surface area contributed by atoms with Crippen molar-refractivity contribution in [1.29, 1.82) is 0 Å². The number of carboxylic acid groups (broad SMARTS) is 1. The lowest BCUT2D eigenvalue weighted by Gasteiger charge is -2.37. The van der Waals surface area contributed by atoms with Crippen molar-refractivity contribution >= 4 is 62.5 Å². The van der Waals surface area contributed by atoms with E-state index >= 15 is 8.78 Å². The minimum atomic E-state index is -1.36. The highest BCUT2D eigenvalue weighted by Crippen LogP contribution is 2.37. The van der Waals surface area contributed by atoms with Crippen LogP contribution in [0.4, 0.5) is 26.0 Å². The minimum absolute atomic E-state index is 0.0175. The van der Waals surface area contributed by atoms with Gasteiger partial charge in [0.25, 0.3) is 0 Å². The van der Waals surface area contributed by atoms with E-state index in [1.165, 1.54) is 24.0 Å². The van der Waals surface area contributed by atoms with Crippen LogP contribution in [0.1, 0.15) is 29.2 Å². The van der Waals surface area contributed by atoms with Crippen LogP contribution in [0.25, 0.3) is 11.0 Å². The van der Waals surface area contributed by atoms with Gasteiger partial charge in [0, 0.05) is 50.6 Å². The first-order valence-electron chi connectivity index (χ1n) is 13.8. The molecule has 0 spiro atoms. The second-order valence-electron chi connectivity index (χ2n) is 10.7. The molecule has 6 rings (SSSR count). The largest absolute Gasteiger partial charge is 0.477 e. The van der Waals surface area contributed by atoms with Crippen LogP contribution in [0, 0.1) is 11.6 Å². The SMILES string of the molecule is CSC(=S)NC[C@H]1CN(c2ccc(N3CCN(c4nc5c(cc4F)c(=O)c(C(=O)O)cn5C4CC4)CC3)c(F)c2)C(O)O1. The predicted octanol–water partition coefficient (Wildman–Crippen LogP) is 2.75. The summed E-state index contributed by atoms with van der Waals surface area (Å²) in [6.45, 7) is 2.26. The van der Waals surface area contributed by atoms with E-state index in [0.29, 0.717) is 55.0 Å². The van der Waals surface area contributed by atoms with Gasteiger partial charge in [0.15, 0.2) is 11.6 Å². The summed E-state index contributed by atoms with van der Waals surface area (Å²) in [5, 5.41) is 22.9. The van der Waals surface area contributed by atoms with E-state index in [1.54, 1.807) is 26.5 Å². The van der Waals surface area contributed by atoms with Gasteiger partial charge in [-0.1, -0.05) is 12.2 Å². The number of ether oxygens (including phenoxy) is 1. The van der Waals surface area contributed by atoms with Crippen molar-refractivity contribution in [3.63, 3.8) is 0 Å². The summed E-state index contributed by atoms with van der Waals surface area (Å²) in [7, 11) is 0. The Hall–Kier alpha value is -3.53. The maximum absolute atomic E-state index is 15.3. The fourth-order valence-corrected chi connectivity index (χ4v) is 5.86. The van der Waals surface area contributed by atoms with Crippen LogP contribution in [0.5, 0.6) is 0 Å². The van der Waals surface area contributed by atoms with E-state index in [9.17, 15) is 19.8 Å². The number of halogens is 2. The van der Waals surface area contributed by atoms with Gasteiger partial charge in [-0.3, -0.25) is 4.79 Å². The van der Waals surface area contributed by atoms with Crippen molar-refractivity contribution in [2.45, 2.75) is 31.4 Å². The van der Waals surface area contributed by atoms with E-state index < -0.39 is 35.0 Å². The first kappa shape index (κ1) is 29.5. The van der Waals surface area contributed by atoms with Gasteiger partial charge in [-0.2, -0.15) is 0 Å². The summed E-state index contributed by atoms with van der Waals surface area (Å²) in [6.07, 6.45) is 3.28. The second-order valence-corrected chi connectivity index (χ2v) is 12.2. The predicted molar refractivity (Wildman–Crippen MR) is 164 cm³/mol. The summed E-state index contributed by atoms with van der Waals surface area (Å²) in [6, 6.07) is 5.84. The number of aliphatic hydroxyl groups excluding tert-OH is 1. The zero-order valence-electron chi connectivity index (χ0n) is 23.2. The van der Waals surface area contributed by atoms with Crippen LogP contribution < -0.4 is 25.4 Å². The van der Waals surface area contributed by atoms with Crippen LogP contribution >= 0.6 is 24.0 Å². The molecule has 1 unspecified atom stereocenters. The number of benzene rings is 1. The van der Waals surface area contributed by atoms with Gasteiger partial charge >= 0.3 is 5.97 Å². The molecule has 3 aromatic rings. The fraction of sp³-hybridized carbons (Fsp3) is 0.429. The van der Waals surface area contributed by atoms with Crippen molar-refractivity contribution in [2.24, 2.45) is 0 Å². The van der Waals surface area contributed by atoms with Gasteiger partial charge in [-0.25, -0.2) is 18.6 Å². The number of aromatic nitrogens is 2. The Morgan fingerprint density at radius 1 is 1.16 bits per heavy atom. The first-order valence-corrected chi connectivity index (χ1v) is 15.5. The molecule has 228 valence electrons. The normalized spacial score (nSPS) is 20.6. The Labute approximate surface area is 255 Å². The monoisotopic (exact) mass is 632 g/mol. The van der Waals surface area contributed by atoms with Crippen molar-refractivity contribution in [2.75, 3.05) is 60.2 Å². The van der Waals surface area contributed by atoms with E-state index in [1.807, 2.05) is 11.2 Å². The third-order valence-electron chi connectivity index (χ3n) is 7.93. The molecule has 0 amide bonds. The van der Waals surface area contributed by atoms with Crippen molar-refractivity contribution in [1.82, 2.24) is 14.9 Å². The fourth-order valence-electron chi connectivity index (χ4n) is 5.55. The number of carbonyl (C=O) groups is 1. The Bertz CT molecular complexity index is 1650. The molecule has 0 radical (unpaired) electrons. The Morgan fingerprint density at radius 2 is 1.88 bits per heavy atom. The molecule has 2 saturated heterocycles. The average molecular weight is 633 g/mol. The van der Waals surface area contributed by atoms with Gasteiger partial charge in [-0.15, -0.1) is 11.8 Å². The topological polar surface area (TPSA) is 123 Å². The number of piperazine rings is 1. The molecule has 2 aliphatic heterocycles. The molecule has 15 heteroatoms. The second kappa shape index (κ2) is 11.9. The molecule has 3 N–H and O–H groups in total. The molecule has 1 aromatic carbocycles. The number of rotatable bonds is 7. The molecular weight excluding hydrogens is 602 g/mol. The molecule has 2 atom stereocenters. The Balaban J connectivity index is 1.16. The van der Waals surface area contributed by atoms with Crippen molar-refractivity contribution < 1.29 is 28.5 Å². The van der Waals surface area contributed by atoms with Gasteiger partial charge in [-0.05, 0) is 43.4 Å². The van der Waals surface area contributed by atoms with Crippen LogP contribution in [0.15, 0.2) is 35.3 Å². The summed E-state index contributed by atoms with van der Waals surface area (Å²) >= 11 is 6.55. The molecule has 11 nitrogen and oxygen atoms in total. The van der Waals surface area contributed by atoms with Crippen LogP contribution in [-0.4, -0.2) is 88.1 Å². The maximum Gasteiger partial charge on any atom is 0.341 e. The van der Waals surface area contributed by atoms with E-state index in [2.05, 4.69) is 10.3 Å². The van der Waals surface area contributed by atoms with Crippen LogP contribution in [0.3, 0.4) is 0 Å². The highest BCUT2D eigenvalue weighted by Gasteiger charge is 2.33. The molecule has 4 heterocycles. The Kier molecular flexibility index (Phi) is 8.15. The van der Waals surface area contributed by atoms with E-state index in [-0.39, 0.29) is 29.0 Å². The molecule has 43 heavy (non-hydrogen) atoms. The van der Waals surface area contributed by atoms with Gasteiger partial charge in [0.05, 0.1) is 23.7 Å². The molecule has 0 bridgehead atoms. The number of fused-ring (bicyclic) bond motifs is 1. The standard InChI is InChI=1S/C28H30F2N6O5S2/c1-43-27(42)31-12-17-13-36(28(40)41-17)16-4-5-22(20(29)10-16)33-6-8-34(9-7-33)25-21(30)11-18-23(37)19(26(38)39)14-35(15-2-3-15)24(18)32-25/h4-5,10-11,14-15,17,28,40H,2-3,6-9,12-13H2,1H3,(H,31,42)(H,38,39)/t17-,28?/m0/s1. The summed E-state index contributed by atoms with van der Waals surface area (Å²) < 4.78 is 38.5. The number of hydrogen-bond donors (Lipinski definition) is 3. The van der Waals surface area contributed by atoms with Crippen LogP contribution in [0.2, 0.25) is 0 Å². The molecular formula is C28H30F2N6O5S2. The number of carboxylic acids is 1. The first-order chi connectivity index (χ1) is 20.6. The lowest BCUT2D eigenvalue weighted by Crippen LogP contribution is -2.47. The smallest absolute Gasteiger partial charge is 0.341 e. The highest BCUT2D eigenvalue weighted by molar-refractivity contribution is 8.22. The lowest BCUT2D eigenvalue weighted by atomic mass is 10.1. The number of anilines is 3. The maximum atomic E-state index is 15.3. The number of aromatic carboxylic acids is 1. The highest BCUT2D eigenvalue weighted by atomic mass is 32.2. The summed E-state index contributed by atoms with van der Waals surface area (Å²) in [5.74, 6) is -2.46. The number of nitrogens with zero attached hydrogens (tertiary/aromatic N) is 5. The number of pyridine rings is 2. The molecule has 1 saturated carbocycles. The van der Waals surface area contributed by atoms with E-state index in [4.69, 9.17) is 17.0 Å². The molecule has 2 aromatic heterocycles. The molecule has 3 aliphatic rings. The average Bonchev–Trinajstić information content (AvgIpc) is 3.77. The lowest BCUT2D eigenvalue weighted by molar-refractivity contribution is -0.0863. The number of thioether (sulfide) groups is 1. The van der Waals surface area contributed by atoms with Crippen molar-refractivity contribution in [3.05, 3.63) is 57.9 Å². The zero-order chi connectivity index (χ0) is 30.4. The van der Waals surface area contributed by atoms with Crippen LogP contribution in [-0.2, 0) is 4.74 Å². The zero-order valence-corrected chi connectivity index (χ0v) is 24.8. The van der Waals surface area contributed by atoms with Crippen molar-refractivity contribution in [3.8, 4) is 0 Å². The van der Waals surface area contributed by atoms with Gasteiger partial charge in [0.2, 0.25) is 11.8 Å². The minimum Gasteiger partial charge on any atom is -0.477 e. The number of thiocarbonyl (C=S) groups is 1. The summed E-state index contributed by atoms with van der Waals surface area (Å²) in [5.41, 5.74) is -0.0405. The molecule has 3 fully saturated rings. The number of aliphatic hydroxyl groups is 1. The third kappa shape index (κ3) is 5.86. The summed E-state index contributed by atoms with van der Waals surface area (Å²) in [4.78, 5) is 34.1. The third-order valence-corrected chi connectivity index (χ3v) is 9.09. The van der Waals surface area contributed by atoms with Gasteiger partial charge in [0.1, 0.15) is 21.3 Å². The number of hydrogen-bond acceptors (Lipinski definition) is 10. The van der Waals surface area contributed by atoms with E-state index in [0.717, 1.165) is 18.9 Å².